The third-order valence-corrected chi connectivity index (χ3v) is 9.52. The van der Waals surface area contributed by atoms with Crippen LogP contribution >= 0.6 is 0 Å². The molecule has 0 N–H and O–H groups in total. The molecule has 0 aliphatic carbocycles. The Morgan fingerprint density at radius 3 is 1.82 bits per heavy atom. The monoisotopic (exact) mass is 640 g/mol. The minimum Gasteiger partial charge on any atom is -0.258 e. The summed E-state index contributed by atoms with van der Waals surface area (Å²) < 4.78 is 0. The Morgan fingerprint density at radius 1 is 0.400 bits per heavy atom. The number of benzene rings is 6. The highest BCUT2D eigenvalue weighted by molar-refractivity contribution is 6.16. The molecule has 9 aromatic rings. The van der Waals surface area contributed by atoms with Gasteiger partial charge < -0.3 is 0 Å². The molecule has 6 aromatic carbocycles. The largest absolute Gasteiger partial charge is 0.258 e. The molecule has 50 heavy (non-hydrogen) atoms. The summed E-state index contributed by atoms with van der Waals surface area (Å²) >= 11 is 0. The van der Waals surface area contributed by atoms with Gasteiger partial charge >= 0.3 is 0 Å². The van der Waals surface area contributed by atoms with Crippen molar-refractivity contribution < 1.29 is 0 Å². The summed E-state index contributed by atoms with van der Waals surface area (Å²) in [5.74, 6) is 0.680. The lowest BCUT2D eigenvalue weighted by Gasteiger charge is -2.15. The molecule has 0 atom stereocenters. The molecule has 0 fully saturated rings. The number of aryl methyl sites for hydroxylation is 2. The van der Waals surface area contributed by atoms with Gasteiger partial charge in [-0.25, -0.2) is 15.0 Å². The van der Waals surface area contributed by atoms with Crippen molar-refractivity contribution in [3.63, 3.8) is 0 Å². The van der Waals surface area contributed by atoms with Crippen LogP contribution in [-0.4, -0.2) is 19.9 Å². The molecule has 0 saturated carbocycles. The number of rotatable bonds is 5. The average molecular weight is 641 g/mol. The number of aromatic nitrogens is 4. The molecular weight excluding hydrogens is 609 g/mol. The summed E-state index contributed by atoms with van der Waals surface area (Å²) in [6.45, 7) is 4.08. The van der Waals surface area contributed by atoms with Crippen LogP contribution in [0.5, 0.6) is 0 Å². The Balaban J connectivity index is 1.21. The average Bonchev–Trinajstić information content (AvgIpc) is 3.17. The first-order valence-electron chi connectivity index (χ1n) is 16.9. The van der Waals surface area contributed by atoms with Gasteiger partial charge in [0, 0.05) is 55.4 Å². The number of para-hydroxylation sites is 1. The smallest absolute Gasteiger partial charge is 0.161 e. The molecule has 3 heterocycles. The van der Waals surface area contributed by atoms with E-state index in [9.17, 15) is 0 Å². The van der Waals surface area contributed by atoms with Crippen LogP contribution in [0, 0.1) is 13.8 Å². The van der Waals surface area contributed by atoms with Gasteiger partial charge in [0.15, 0.2) is 5.82 Å². The Hall–Kier alpha value is -6.52. The lowest BCUT2D eigenvalue weighted by molar-refractivity contribution is 1.12. The number of hydrogen-bond donors (Lipinski definition) is 0. The predicted molar refractivity (Wildman–Crippen MR) is 207 cm³/mol. The fourth-order valence-corrected chi connectivity index (χ4v) is 7.10. The van der Waals surface area contributed by atoms with Crippen molar-refractivity contribution in [2.45, 2.75) is 13.8 Å². The minimum absolute atomic E-state index is 0.680. The first-order valence-corrected chi connectivity index (χ1v) is 16.9. The molecule has 4 nitrogen and oxygen atoms in total. The molecule has 0 unspecified atom stereocenters. The molecule has 0 bridgehead atoms. The zero-order valence-electron chi connectivity index (χ0n) is 27.8. The molecule has 0 aliphatic heterocycles. The summed E-state index contributed by atoms with van der Waals surface area (Å²) in [7, 11) is 0. The predicted octanol–water partition coefficient (Wildman–Crippen LogP) is 11.7. The molecule has 3 aromatic heterocycles. The van der Waals surface area contributed by atoms with Crippen molar-refractivity contribution in [3.8, 4) is 56.2 Å². The van der Waals surface area contributed by atoms with E-state index >= 15 is 0 Å². The molecular formula is C46H32N4. The maximum atomic E-state index is 5.23. The first kappa shape index (κ1) is 29.6. The Labute approximate surface area is 290 Å². The molecule has 0 radical (unpaired) electrons. The molecule has 0 aliphatic rings. The van der Waals surface area contributed by atoms with Crippen molar-refractivity contribution in [3.05, 3.63) is 169 Å². The van der Waals surface area contributed by atoms with Gasteiger partial charge in [0.2, 0.25) is 0 Å². The summed E-state index contributed by atoms with van der Waals surface area (Å²) in [5.41, 5.74) is 13.2. The third kappa shape index (κ3) is 5.19. The second-order valence-electron chi connectivity index (χ2n) is 12.7. The van der Waals surface area contributed by atoms with E-state index in [0.29, 0.717) is 5.82 Å². The normalized spacial score (nSPS) is 11.4. The first-order chi connectivity index (χ1) is 24.6. The standard InChI is InChI=1S/C46H32N4/c1-29-20-26-35(30(2)47-29)37-16-8-9-17-38(37)46-49-42(32-13-4-3-5-14-32)28-43(50-46)33-21-23-34(24-22-33)44-39-18-10-11-19-41(39)48-45-36-15-7-6-12-31(36)25-27-40(44)45/h3-28H,1-2H3. The zero-order chi connectivity index (χ0) is 33.6. The lowest BCUT2D eigenvalue weighted by Crippen LogP contribution is -1.98. The lowest BCUT2D eigenvalue weighted by atomic mass is 9.93. The van der Waals surface area contributed by atoms with Crippen LogP contribution in [0.2, 0.25) is 0 Å². The number of pyridine rings is 2. The Kier molecular flexibility index (Phi) is 7.21. The summed E-state index contributed by atoms with van der Waals surface area (Å²) in [6, 6.07) is 55.1. The topological polar surface area (TPSA) is 51.6 Å². The van der Waals surface area contributed by atoms with Gasteiger partial charge in [-0.3, -0.25) is 4.98 Å². The molecule has 0 saturated heterocycles. The van der Waals surface area contributed by atoms with Crippen LogP contribution in [0.1, 0.15) is 11.4 Å². The van der Waals surface area contributed by atoms with Crippen LogP contribution in [0.15, 0.2) is 158 Å². The van der Waals surface area contributed by atoms with Crippen molar-refractivity contribution >= 4 is 32.6 Å². The van der Waals surface area contributed by atoms with Gasteiger partial charge in [-0.2, -0.15) is 0 Å². The van der Waals surface area contributed by atoms with Gasteiger partial charge in [-0.15, -0.1) is 0 Å². The van der Waals surface area contributed by atoms with Gasteiger partial charge in [-0.1, -0.05) is 140 Å². The number of nitrogens with zero attached hydrogens (tertiary/aromatic N) is 4. The number of fused-ring (bicyclic) bond motifs is 4. The highest BCUT2D eigenvalue weighted by Crippen LogP contribution is 2.39. The van der Waals surface area contributed by atoms with Gasteiger partial charge in [0.1, 0.15) is 0 Å². The van der Waals surface area contributed by atoms with E-state index in [1.165, 1.54) is 10.9 Å². The van der Waals surface area contributed by atoms with Gasteiger partial charge in [0.25, 0.3) is 0 Å². The van der Waals surface area contributed by atoms with E-state index in [-0.39, 0.29) is 0 Å². The highest BCUT2D eigenvalue weighted by Gasteiger charge is 2.17. The minimum atomic E-state index is 0.680. The molecule has 4 heteroatoms. The van der Waals surface area contributed by atoms with Crippen molar-refractivity contribution in [2.24, 2.45) is 0 Å². The fourth-order valence-electron chi connectivity index (χ4n) is 7.10. The van der Waals surface area contributed by atoms with E-state index in [2.05, 4.69) is 146 Å². The van der Waals surface area contributed by atoms with Crippen molar-refractivity contribution in [2.75, 3.05) is 0 Å². The molecule has 9 rings (SSSR count). The zero-order valence-corrected chi connectivity index (χ0v) is 27.8. The maximum absolute atomic E-state index is 5.23. The Morgan fingerprint density at radius 2 is 1.04 bits per heavy atom. The molecule has 0 amide bonds. The SMILES string of the molecule is Cc1ccc(-c2ccccc2-c2nc(-c3ccccc3)cc(-c3ccc(-c4c5ccccc5nc5c4ccc4ccccc45)cc3)n2)c(C)n1. The maximum Gasteiger partial charge on any atom is 0.161 e. The van der Waals surface area contributed by atoms with E-state index in [1.807, 2.05) is 25.1 Å². The molecule has 236 valence electrons. The van der Waals surface area contributed by atoms with Crippen LogP contribution in [-0.2, 0) is 0 Å². The summed E-state index contributed by atoms with van der Waals surface area (Å²) in [6.07, 6.45) is 0. The van der Waals surface area contributed by atoms with E-state index in [0.717, 1.165) is 83.3 Å². The quantitative estimate of drug-likeness (QED) is 0.139. The van der Waals surface area contributed by atoms with Crippen molar-refractivity contribution in [1.29, 1.82) is 0 Å². The molecule has 0 spiro atoms. The van der Waals surface area contributed by atoms with Crippen LogP contribution in [0.3, 0.4) is 0 Å². The third-order valence-electron chi connectivity index (χ3n) is 9.52. The van der Waals surface area contributed by atoms with Crippen molar-refractivity contribution in [1.82, 2.24) is 19.9 Å². The fraction of sp³-hybridized carbons (Fsp3) is 0.0435. The van der Waals surface area contributed by atoms with Crippen LogP contribution < -0.4 is 0 Å². The second-order valence-corrected chi connectivity index (χ2v) is 12.7. The second kappa shape index (κ2) is 12.2. The van der Waals surface area contributed by atoms with Crippen LogP contribution in [0.4, 0.5) is 0 Å². The van der Waals surface area contributed by atoms with E-state index in [1.54, 1.807) is 0 Å². The Bertz CT molecular complexity index is 2720. The van der Waals surface area contributed by atoms with E-state index < -0.39 is 0 Å². The number of hydrogen-bond acceptors (Lipinski definition) is 4. The summed E-state index contributed by atoms with van der Waals surface area (Å²) in [4.78, 5) is 20.3. The highest BCUT2D eigenvalue weighted by atomic mass is 14.9. The summed E-state index contributed by atoms with van der Waals surface area (Å²) in [5, 5.41) is 4.63. The van der Waals surface area contributed by atoms with Gasteiger partial charge in [0.05, 0.1) is 22.4 Å². The van der Waals surface area contributed by atoms with Crippen LogP contribution in [0.25, 0.3) is 88.7 Å². The van der Waals surface area contributed by atoms with Gasteiger partial charge in [-0.05, 0) is 48.6 Å². The van der Waals surface area contributed by atoms with E-state index in [4.69, 9.17) is 19.9 Å².